The van der Waals surface area contributed by atoms with E-state index in [1.54, 1.807) is 28.5 Å². The third-order valence-electron chi connectivity index (χ3n) is 6.31. The van der Waals surface area contributed by atoms with Crippen molar-refractivity contribution in [2.75, 3.05) is 19.0 Å². The zero-order valence-corrected chi connectivity index (χ0v) is 17.1. The van der Waals surface area contributed by atoms with Crippen molar-refractivity contribution in [1.29, 1.82) is 0 Å². The fraction of sp³-hybridized carbons (Fsp3) is 0.333. The highest BCUT2D eigenvalue weighted by atomic mass is 32.1. The van der Waals surface area contributed by atoms with Crippen molar-refractivity contribution in [2.24, 2.45) is 11.8 Å². The summed E-state index contributed by atoms with van der Waals surface area (Å²) in [5.74, 6) is -0.931. The molecule has 0 aromatic carbocycles. The molecule has 0 aliphatic carbocycles. The molecule has 0 saturated carbocycles. The summed E-state index contributed by atoms with van der Waals surface area (Å²) in [6.07, 6.45) is 4.96. The van der Waals surface area contributed by atoms with Crippen LogP contribution in [0.25, 0.3) is 11.1 Å². The van der Waals surface area contributed by atoms with Crippen LogP contribution in [0.5, 0.6) is 0 Å². The maximum atomic E-state index is 13.3. The fourth-order valence-electron chi connectivity index (χ4n) is 4.92. The number of pyridine rings is 2. The van der Waals surface area contributed by atoms with Crippen molar-refractivity contribution in [2.45, 2.75) is 18.6 Å². The Bertz CT molecular complexity index is 1130. The van der Waals surface area contributed by atoms with Crippen LogP contribution in [0.1, 0.15) is 11.7 Å². The standard InChI is InChI=1S/C21H21N5O3S/c1-25-16-10-26-15(3-2-13(20(26)29)12-4-6-22-7-5-12)18(25)17(14(16)11-27)19(28)24-21-23-8-9-30-21/h2-9,14,16-18,27H,10-11H2,1H3,(H,23,24,28)/t14-,16-,17+,18+/m0/s1. The van der Waals surface area contributed by atoms with E-state index in [1.807, 2.05) is 31.3 Å². The number of amides is 1. The van der Waals surface area contributed by atoms with E-state index < -0.39 is 5.92 Å². The molecule has 154 valence electrons. The van der Waals surface area contributed by atoms with Crippen molar-refractivity contribution < 1.29 is 9.90 Å². The molecule has 1 fully saturated rings. The molecule has 5 rings (SSSR count). The summed E-state index contributed by atoms with van der Waals surface area (Å²) in [4.78, 5) is 36.8. The molecule has 3 aromatic heterocycles. The van der Waals surface area contributed by atoms with E-state index >= 15 is 0 Å². The molecule has 0 spiro atoms. The second-order valence-corrected chi connectivity index (χ2v) is 8.59. The van der Waals surface area contributed by atoms with Gasteiger partial charge in [0.05, 0.1) is 12.0 Å². The number of rotatable bonds is 4. The highest BCUT2D eigenvalue weighted by molar-refractivity contribution is 7.13. The van der Waals surface area contributed by atoms with E-state index in [0.29, 0.717) is 17.2 Å². The van der Waals surface area contributed by atoms with Gasteiger partial charge in [-0.2, -0.15) is 0 Å². The Kier molecular flexibility index (Phi) is 4.73. The second kappa shape index (κ2) is 7.42. The van der Waals surface area contributed by atoms with Crippen LogP contribution in [0.4, 0.5) is 5.13 Å². The highest BCUT2D eigenvalue weighted by Gasteiger charge is 2.54. The minimum Gasteiger partial charge on any atom is -0.396 e. The van der Waals surface area contributed by atoms with Gasteiger partial charge in [0.2, 0.25) is 5.91 Å². The lowest BCUT2D eigenvalue weighted by molar-refractivity contribution is -0.122. The molecule has 2 aliphatic rings. The molecule has 1 saturated heterocycles. The van der Waals surface area contributed by atoms with Crippen LogP contribution in [0, 0.1) is 11.8 Å². The SMILES string of the molecule is CN1[C@@H]2c3ccc(-c4ccncc4)c(=O)n3C[C@H]1[C@H](CO)[C@H]2C(=O)Nc1nccs1. The number of likely N-dealkylation sites (N-methyl/N-ethyl adjacent to an activating group) is 1. The third kappa shape index (κ3) is 2.89. The lowest BCUT2D eigenvalue weighted by Gasteiger charge is -2.35. The number of hydrogen-bond acceptors (Lipinski definition) is 7. The summed E-state index contributed by atoms with van der Waals surface area (Å²) in [7, 11) is 1.96. The lowest BCUT2D eigenvalue weighted by atomic mass is 9.86. The van der Waals surface area contributed by atoms with Crippen molar-refractivity contribution in [3.8, 4) is 11.1 Å². The molecular formula is C21H21N5O3S. The predicted molar refractivity (Wildman–Crippen MR) is 113 cm³/mol. The van der Waals surface area contributed by atoms with Crippen molar-refractivity contribution in [3.63, 3.8) is 0 Å². The first-order valence-corrected chi connectivity index (χ1v) is 10.7. The maximum Gasteiger partial charge on any atom is 0.258 e. The number of anilines is 1. The molecular weight excluding hydrogens is 402 g/mol. The van der Waals surface area contributed by atoms with Crippen molar-refractivity contribution >= 4 is 22.4 Å². The number of thiazole rings is 1. The van der Waals surface area contributed by atoms with Gasteiger partial charge in [0.25, 0.3) is 5.56 Å². The van der Waals surface area contributed by atoms with Gasteiger partial charge in [-0.05, 0) is 36.9 Å². The first kappa shape index (κ1) is 19.1. The Morgan fingerprint density at radius 1 is 1.27 bits per heavy atom. The monoisotopic (exact) mass is 423 g/mol. The van der Waals surface area contributed by atoms with Crippen LogP contribution in [0.3, 0.4) is 0 Å². The number of aliphatic hydroxyl groups is 1. The summed E-state index contributed by atoms with van der Waals surface area (Å²) in [6, 6.07) is 6.98. The number of nitrogens with one attached hydrogen (secondary N) is 1. The van der Waals surface area contributed by atoms with Crippen molar-refractivity contribution in [3.05, 3.63) is 64.3 Å². The summed E-state index contributed by atoms with van der Waals surface area (Å²) in [6.45, 7) is 0.313. The zero-order chi connectivity index (χ0) is 20.8. The molecule has 30 heavy (non-hydrogen) atoms. The van der Waals surface area contributed by atoms with E-state index in [2.05, 4.69) is 20.2 Å². The second-order valence-electron chi connectivity index (χ2n) is 7.70. The maximum absolute atomic E-state index is 13.3. The van der Waals surface area contributed by atoms with E-state index in [0.717, 1.165) is 11.3 Å². The third-order valence-corrected chi connectivity index (χ3v) is 6.99. The Labute approximate surface area is 176 Å². The number of hydrogen-bond donors (Lipinski definition) is 2. The quantitative estimate of drug-likeness (QED) is 0.661. The molecule has 4 atom stereocenters. The van der Waals surface area contributed by atoms with Crippen LogP contribution in [-0.2, 0) is 11.3 Å². The molecule has 2 aliphatic heterocycles. The predicted octanol–water partition coefficient (Wildman–Crippen LogP) is 1.60. The highest BCUT2D eigenvalue weighted by Crippen LogP contribution is 2.47. The Hall–Kier alpha value is -2.88. The van der Waals surface area contributed by atoms with E-state index in [1.165, 1.54) is 11.3 Å². The van der Waals surface area contributed by atoms with Crippen LogP contribution in [0.15, 0.2) is 53.0 Å². The van der Waals surface area contributed by atoms with Gasteiger partial charge in [0.1, 0.15) is 0 Å². The van der Waals surface area contributed by atoms with E-state index in [-0.39, 0.29) is 36.1 Å². The average Bonchev–Trinajstić information content (AvgIpc) is 3.32. The normalized spacial score (nSPS) is 25.1. The average molecular weight is 423 g/mol. The van der Waals surface area contributed by atoms with Gasteiger partial charge in [-0.3, -0.25) is 19.5 Å². The van der Waals surface area contributed by atoms with Crippen LogP contribution in [-0.4, -0.2) is 50.1 Å². The van der Waals surface area contributed by atoms with Gasteiger partial charge < -0.3 is 15.0 Å². The molecule has 2 bridgehead atoms. The molecule has 1 amide bonds. The number of aliphatic hydroxyl groups excluding tert-OH is 1. The number of fused-ring (bicyclic) bond motifs is 4. The van der Waals surface area contributed by atoms with Crippen LogP contribution >= 0.6 is 11.3 Å². The largest absolute Gasteiger partial charge is 0.396 e. The summed E-state index contributed by atoms with van der Waals surface area (Å²) in [5, 5.41) is 15.4. The van der Waals surface area contributed by atoms with Gasteiger partial charge in [-0.25, -0.2) is 4.98 Å². The van der Waals surface area contributed by atoms with Crippen molar-refractivity contribution in [1.82, 2.24) is 19.4 Å². The van der Waals surface area contributed by atoms with Crippen LogP contribution in [0.2, 0.25) is 0 Å². The van der Waals surface area contributed by atoms with E-state index in [9.17, 15) is 14.7 Å². The Balaban J connectivity index is 1.57. The molecule has 2 N–H and O–H groups in total. The van der Waals surface area contributed by atoms with Gasteiger partial charge in [-0.15, -0.1) is 11.3 Å². The Morgan fingerprint density at radius 3 is 2.77 bits per heavy atom. The molecule has 9 heteroatoms. The fourth-order valence-corrected chi connectivity index (χ4v) is 5.45. The smallest absolute Gasteiger partial charge is 0.258 e. The number of aromatic nitrogens is 3. The van der Waals surface area contributed by atoms with E-state index in [4.69, 9.17) is 0 Å². The lowest BCUT2D eigenvalue weighted by Crippen LogP contribution is -2.44. The van der Waals surface area contributed by atoms with Gasteiger partial charge >= 0.3 is 0 Å². The molecule has 8 nitrogen and oxygen atoms in total. The minimum atomic E-state index is -0.478. The zero-order valence-electron chi connectivity index (χ0n) is 16.3. The minimum absolute atomic E-state index is 0.0838. The number of carbonyl (C=O) groups is 1. The molecule has 3 aromatic rings. The van der Waals surface area contributed by atoms with Gasteiger partial charge in [0.15, 0.2) is 5.13 Å². The molecule has 0 radical (unpaired) electrons. The summed E-state index contributed by atoms with van der Waals surface area (Å²) < 4.78 is 1.77. The Morgan fingerprint density at radius 2 is 2.07 bits per heavy atom. The topological polar surface area (TPSA) is 100 Å². The summed E-state index contributed by atoms with van der Waals surface area (Å²) in [5.41, 5.74) is 2.13. The number of nitrogens with zero attached hydrogens (tertiary/aromatic N) is 4. The first-order chi connectivity index (χ1) is 14.6. The molecule has 0 unspecified atom stereocenters. The van der Waals surface area contributed by atoms with Gasteiger partial charge in [-0.1, -0.05) is 0 Å². The number of carbonyl (C=O) groups excluding carboxylic acids is 1. The van der Waals surface area contributed by atoms with Gasteiger partial charge in [0, 0.05) is 60.3 Å². The van der Waals surface area contributed by atoms with Crippen LogP contribution < -0.4 is 10.9 Å². The first-order valence-electron chi connectivity index (χ1n) is 9.77. The summed E-state index contributed by atoms with van der Waals surface area (Å²) >= 11 is 1.35. The molecule has 5 heterocycles.